The molecule has 0 aromatic heterocycles. The molecule has 1 aliphatic rings. The third-order valence-corrected chi connectivity index (χ3v) is 3.95. The molecule has 2 N–H and O–H groups in total. The second-order valence-electron chi connectivity index (χ2n) is 5.49. The Bertz CT molecular complexity index is 246. The highest BCUT2D eigenvalue weighted by atomic mass is 16.2. The first-order valence-corrected chi connectivity index (χ1v) is 7.96. The Labute approximate surface area is 118 Å². The number of amides is 1. The number of hydrogen-bond acceptors (Lipinski definition) is 3. The molecule has 0 aromatic rings. The maximum Gasteiger partial charge on any atom is 0.238 e. The van der Waals surface area contributed by atoms with E-state index in [1.54, 1.807) is 7.05 Å². The first kappa shape index (κ1) is 16.4. The van der Waals surface area contributed by atoms with Gasteiger partial charge in [0.2, 0.25) is 5.91 Å². The SMILES string of the molecule is CCCCCCCCCN1CCNCC1C(=O)NC. The summed E-state index contributed by atoms with van der Waals surface area (Å²) in [5, 5.41) is 6.07. The van der Waals surface area contributed by atoms with Crippen molar-refractivity contribution in [1.29, 1.82) is 0 Å². The van der Waals surface area contributed by atoms with Gasteiger partial charge in [-0.05, 0) is 13.0 Å². The number of carbonyl (C=O) groups excluding carboxylic acids is 1. The topological polar surface area (TPSA) is 44.4 Å². The molecule has 1 amide bonds. The normalized spacial score (nSPS) is 20.4. The standard InChI is InChI=1S/C15H31N3O/c1-3-4-5-6-7-8-9-11-18-12-10-17-13-14(18)15(19)16-2/h14,17H,3-13H2,1-2H3,(H,16,19). The van der Waals surface area contributed by atoms with Gasteiger partial charge in [0.25, 0.3) is 0 Å². The van der Waals surface area contributed by atoms with Gasteiger partial charge in [0.05, 0.1) is 0 Å². The van der Waals surface area contributed by atoms with Crippen LogP contribution in [-0.4, -0.2) is 50.1 Å². The molecule has 1 aliphatic heterocycles. The lowest BCUT2D eigenvalue weighted by Crippen LogP contribution is -2.57. The van der Waals surface area contributed by atoms with Crippen LogP contribution in [-0.2, 0) is 4.79 Å². The highest BCUT2D eigenvalue weighted by Crippen LogP contribution is 2.10. The minimum atomic E-state index is 0.0267. The van der Waals surface area contributed by atoms with Gasteiger partial charge in [-0.1, -0.05) is 45.4 Å². The van der Waals surface area contributed by atoms with E-state index >= 15 is 0 Å². The van der Waals surface area contributed by atoms with Crippen LogP contribution in [0.3, 0.4) is 0 Å². The molecule has 0 saturated carbocycles. The Morgan fingerprint density at radius 3 is 2.58 bits per heavy atom. The molecule has 1 atom stereocenters. The smallest absolute Gasteiger partial charge is 0.238 e. The van der Waals surface area contributed by atoms with Crippen molar-refractivity contribution in [2.24, 2.45) is 0 Å². The summed E-state index contributed by atoms with van der Waals surface area (Å²) in [6, 6.07) is 0.0267. The molecule has 4 heteroatoms. The third-order valence-electron chi connectivity index (χ3n) is 3.95. The van der Waals surface area contributed by atoms with Crippen LogP contribution in [0.2, 0.25) is 0 Å². The molecule has 1 rings (SSSR count). The second-order valence-corrected chi connectivity index (χ2v) is 5.49. The van der Waals surface area contributed by atoms with Crippen molar-refractivity contribution in [3.63, 3.8) is 0 Å². The molecule has 1 unspecified atom stereocenters. The lowest BCUT2D eigenvalue weighted by molar-refractivity contribution is -0.126. The number of rotatable bonds is 9. The number of nitrogens with zero attached hydrogens (tertiary/aromatic N) is 1. The van der Waals surface area contributed by atoms with Crippen LogP contribution in [0.1, 0.15) is 51.9 Å². The van der Waals surface area contributed by atoms with Crippen LogP contribution in [0, 0.1) is 0 Å². The second kappa shape index (κ2) is 10.2. The fraction of sp³-hybridized carbons (Fsp3) is 0.933. The average molecular weight is 269 g/mol. The predicted octanol–water partition coefficient (Wildman–Crippen LogP) is 1.76. The van der Waals surface area contributed by atoms with Gasteiger partial charge in [-0.2, -0.15) is 0 Å². The minimum Gasteiger partial charge on any atom is -0.358 e. The van der Waals surface area contributed by atoms with Crippen molar-refractivity contribution >= 4 is 5.91 Å². The van der Waals surface area contributed by atoms with E-state index in [4.69, 9.17) is 0 Å². The number of nitrogens with one attached hydrogen (secondary N) is 2. The summed E-state index contributed by atoms with van der Waals surface area (Å²) < 4.78 is 0. The molecule has 112 valence electrons. The zero-order valence-electron chi connectivity index (χ0n) is 12.7. The fourth-order valence-corrected chi connectivity index (χ4v) is 2.71. The minimum absolute atomic E-state index is 0.0267. The maximum atomic E-state index is 11.8. The lowest BCUT2D eigenvalue weighted by Gasteiger charge is -2.34. The molecule has 0 bridgehead atoms. The van der Waals surface area contributed by atoms with E-state index < -0.39 is 0 Å². The first-order valence-electron chi connectivity index (χ1n) is 7.96. The molecule has 1 saturated heterocycles. The van der Waals surface area contributed by atoms with Crippen molar-refractivity contribution < 1.29 is 4.79 Å². The third kappa shape index (κ3) is 6.39. The molecule has 0 aliphatic carbocycles. The van der Waals surface area contributed by atoms with Crippen LogP contribution in [0.25, 0.3) is 0 Å². The first-order chi connectivity index (χ1) is 9.29. The Morgan fingerprint density at radius 2 is 1.89 bits per heavy atom. The van der Waals surface area contributed by atoms with Gasteiger partial charge in [-0.25, -0.2) is 0 Å². The molecular formula is C15H31N3O. The van der Waals surface area contributed by atoms with Crippen LogP contribution in [0.15, 0.2) is 0 Å². The summed E-state index contributed by atoms with van der Waals surface area (Å²) in [4.78, 5) is 14.1. The zero-order chi connectivity index (χ0) is 13.9. The summed E-state index contributed by atoms with van der Waals surface area (Å²) in [7, 11) is 1.73. The highest BCUT2D eigenvalue weighted by Gasteiger charge is 2.26. The number of hydrogen-bond donors (Lipinski definition) is 2. The maximum absolute atomic E-state index is 11.8. The molecule has 1 heterocycles. The number of carbonyl (C=O) groups is 1. The van der Waals surface area contributed by atoms with Crippen LogP contribution in [0.4, 0.5) is 0 Å². The van der Waals surface area contributed by atoms with Crippen LogP contribution in [0.5, 0.6) is 0 Å². The van der Waals surface area contributed by atoms with Gasteiger partial charge in [0, 0.05) is 26.7 Å². The van der Waals surface area contributed by atoms with E-state index in [0.717, 1.165) is 26.2 Å². The van der Waals surface area contributed by atoms with E-state index in [1.165, 1.54) is 44.9 Å². The Kier molecular flexibility index (Phi) is 8.84. The molecule has 0 radical (unpaired) electrons. The highest BCUT2D eigenvalue weighted by molar-refractivity contribution is 5.81. The Hall–Kier alpha value is -0.610. The lowest BCUT2D eigenvalue weighted by atomic mass is 10.1. The van der Waals surface area contributed by atoms with E-state index in [-0.39, 0.29) is 11.9 Å². The van der Waals surface area contributed by atoms with Gasteiger partial charge in [-0.3, -0.25) is 9.69 Å². The number of likely N-dealkylation sites (N-methyl/N-ethyl adjacent to an activating group) is 1. The molecule has 4 nitrogen and oxygen atoms in total. The van der Waals surface area contributed by atoms with Crippen molar-refractivity contribution in [1.82, 2.24) is 15.5 Å². The van der Waals surface area contributed by atoms with Gasteiger partial charge in [0.15, 0.2) is 0 Å². The van der Waals surface area contributed by atoms with Crippen molar-refractivity contribution in [3.8, 4) is 0 Å². The van der Waals surface area contributed by atoms with Crippen molar-refractivity contribution in [2.45, 2.75) is 57.9 Å². The van der Waals surface area contributed by atoms with E-state index in [9.17, 15) is 4.79 Å². The van der Waals surface area contributed by atoms with Gasteiger partial charge >= 0.3 is 0 Å². The Morgan fingerprint density at radius 1 is 1.21 bits per heavy atom. The summed E-state index contributed by atoms with van der Waals surface area (Å²) >= 11 is 0. The summed E-state index contributed by atoms with van der Waals surface area (Å²) in [6.07, 6.45) is 9.30. The monoisotopic (exact) mass is 269 g/mol. The van der Waals surface area contributed by atoms with Crippen LogP contribution >= 0.6 is 0 Å². The quantitative estimate of drug-likeness (QED) is 0.627. The summed E-state index contributed by atoms with van der Waals surface area (Å²) in [6.45, 7) is 6.10. The molecule has 1 fully saturated rings. The summed E-state index contributed by atoms with van der Waals surface area (Å²) in [5.74, 6) is 0.148. The Balaban J connectivity index is 2.13. The van der Waals surface area contributed by atoms with Gasteiger partial charge in [0.1, 0.15) is 6.04 Å². The summed E-state index contributed by atoms with van der Waals surface area (Å²) in [5.41, 5.74) is 0. The van der Waals surface area contributed by atoms with Gasteiger partial charge < -0.3 is 10.6 Å². The molecule has 19 heavy (non-hydrogen) atoms. The molecule has 0 spiro atoms. The molecule has 0 aromatic carbocycles. The predicted molar refractivity (Wildman–Crippen MR) is 80.3 cm³/mol. The number of piperazine rings is 1. The number of unbranched alkanes of at least 4 members (excludes halogenated alkanes) is 6. The average Bonchev–Trinajstić information content (AvgIpc) is 2.46. The molecular weight excluding hydrogens is 238 g/mol. The fourth-order valence-electron chi connectivity index (χ4n) is 2.71. The largest absolute Gasteiger partial charge is 0.358 e. The van der Waals surface area contributed by atoms with E-state index in [2.05, 4.69) is 22.5 Å². The van der Waals surface area contributed by atoms with Crippen molar-refractivity contribution in [2.75, 3.05) is 33.2 Å². The van der Waals surface area contributed by atoms with E-state index in [0.29, 0.717) is 0 Å². The van der Waals surface area contributed by atoms with Gasteiger partial charge in [-0.15, -0.1) is 0 Å². The van der Waals surface area contributed by atoms with Crippen LogP contribution < -0.4 is 10.6 Å². The van der Waals surface area contributed by atoms with Crippen molar-refractivity contribution in [3.05, 3.63) is 0 Å². The zero-order valence-corrected chi connectivity index (χ0v) is 12.7. The van der Waals surface area contributed by atoms with E-state index in [1.807, 2.05) is 0 Å².